The summed E-state index contributed by atoms with van der Waals surface area (Å²) in [7, 11) is 0. The van der Waals surface area contributed by atoms with Gasteiger partial charge < -0.3 is 95.9 Å². The van der Waals surface area contributed by atoms with Crippen LogP contribution in [0.3, 0.4) is 0 Å². The molecule has 12 amide bonds. The molecule has 490 valence electrons. The highest BCUT2D eigenvalue weighted by atomic mass is 32.1. The van der Waals surface area contributed by atoms with Gasteiger partial charge in [0.25, 0.3) is 0 Å². The summed E-state index contributed by atoms with van der Waals surface area (Å²) in [6.45, 7) is 8.19. The molecule has 0 aromatic carbocycles. The Bertz CT molecular complexity index is 2290. The second-order valence-electron chi connectivity index (χ2n) is 21.3. The van der Waals surface area contributed by atoms with Gasteiger partial charge in [0, 0.05) is 23.8 Å². The molecule has 1 fully saturated rings. The summed E-state index contributed by atoms with van der Waals surface area (Å²) in [5, 5.41) is 57.0. The summed E-state index contributed by atoms with van der Waals surface area (Å²) < 4.78 is 0. The predicted molar refractivity (Wildman–Crippen MR) is 324 cm³/mol. The number of thiol groups is 3. The van der Waals surface area contributed by atoms with E-state index in [2.05, 4.69) is 96.4 Å². The van der Waals surface area contributed by atoms with Crippen molar-refractivity contribution >= 4 is 115 Å². The molecule has 1 aliphatic rings. The minimum Gasteiger partial charge on any atom is -0.480 e. The minimum atomic E-state index is -1.69. The van der Waals surface area contributed by atoms with Gasteiger partial charge in [-0.1, -0.05) is 34.1 Å². The normalized spacial score (nSPS) is 17.2. The van der Waals surface area contributed by atoms with Gasteiger partial charge in [-0.3, -0.25) is 57.5 Å². The van der Waals surface area contributed by atoms with E-state index < -0.39 is 169 Å². The Balaban J connectivity index is 3.02. The average Bonchev–Trinajstić information content (AvgIpc) is 3.04. The van der Waals surface area contributed by atoms with E-state index in [9.17, 15) is 77.6 Å². The third kappa shape index (κ3) is 27.8. The Labute approximate surface area is 517 Å². The van der Waals surface area contributed by atoms with Gasteiger partial charge in [-0.2, -0.15) is 37.9 Å². The first-order valence-electron chi connectivity index (χ1n) is 28.6. The Kier molecular flexibility index (Phi) is 37.3. The summed E-state index contributed by atoms with van der Waals surface area (Å²) in [5.41, 5.74) is 17.0. The van der Waals surface area contributed by atoms with Crippen molar-refractivity contribution in [2.45, 2.75) is 178 Å². The molecule has 0 aliphatic carbocycles. The predicted octanol–water partition coefficient (Wildman–Crippen LogP) is -6.48. The van der Waals surface area contributed by atoms with Gasteiger partial charge in [-0.15, -0.1) is 0 Å². The van der Waals surface area contributed by atoms with Gasteiger partial charge in [-0.05, 0) is 96.6 Å². The van der Waals surface area contributed by atoms with Crippen molar-refractivity contribution in [2.75, 3.05) is 56.5 Å². The van der Waals surface area contributed by atoms with Crippen LogP contribution in [-0.2, 0) is 62.3 Å². The average molecular weight is 1280 g/mol. The molecule has 0 unspecified atom stereocenters. The van der Waals surface area contributed by atoms with E-state index >= 15 is 0 Å². The van der Waals surface area contributed by atoms with Crippen LogP contribution in [0.5, 0.6) is 0 Å². The van der Waals surface area contributed by atoms with Crippen LogP contribution in [0.25, 0.3) is 0 Å². The third-order valence-corrected chi connectivity index (χ3v) is 14.9. The Morgan fingerprint density at radius 3 is 1.37 bits per heavy atom. The maximum absolute atomic E-state index is 14.1. The van der Waals surface area contributed by atoms with Crippen molar-refractivity contribution < 1.29 is 77.6 Å². The zero-order chi connectivity index (χ0) is 65.4. The SMILES string of the molecule is CC[C@H](C)[C@H](N)C(=O)NCC(=O)N[C@H](C(=O)N[C@@H](CS)C(=O)NCC(=O)N[C@@H](CC(C)C)C(=O)N1CCC[C@H]1C(=O)NCC(=O)N[C@H](C(=O)N[C@@H](CCCCN)C(=O)N[C@@H](CS)C(=O)N[C@@H](CS)C(=O)N[C@@H](CCCCN)C(=O)O)[C@@H](C)O)[C@@H](C)O. The highest BCUT2D eigenvalue weighted by Gasteiger charge is 2.39. The van der Waals surface area contributed by atoms with E-state index in [4.69, 9.17) is 17.2 Å². The molecular weight excluding hydrogens is 1190 g/mol. The topological polar surface area (TPSA) is 496 Å². The second-order valence-corrected chi connectivity index (χ2v) is 22.4. The Morgan fingerprint density at radius 1 is 0.523 bits per heavy atom. The number of rotatable bonds is 41. The molecule has 1 rings (SSSR count). The fraction of sp³-hybridized carbons (Fsp3) is 0.750. The first kappa shape index (κ1) is 78.0. The van der Waals surface area contributed by atoms with Crippen LogP contribution in [0.2, 0.25) is 0 Å². The van der Waals surface area contributed by atoms with E-state index in [1.54, 1.807) is 20.8 Å². The molecule has 86 heavy (non-hydrogen) atoms. The van der Waals surface area contributed by atoms with Crippen LogP contribution in [0.1, 0.15) is 106 Å². The zero-order valence-corrected chi connectivity index (χ0v) is 52.4. The molecule has 0 aromatic rings. The van der Waals surface area contributed by atoms with Gasteiger partial charge >= 0.3 is 5.97 Å². The Morgan fingerprint density at radius 2 is 0.930 bits per heavy atom. The number of carboxylic acids is 1. The summed E-state index contributed by atoms with van der Waals surface area (Å²) in [6, 6.07) is -13.2. The van der Waals surface area contributed by atoms with Crippen molar-refractivity contribution in [3.63, 3.8) is 0 Å². The van der Waals surface area contributed by atoms with Crippen LogP contribution >= 0.6 is 37.9 Å². The number of carboxylic acid groups (broad SMARTS) is 1. The molecule has 1 heterocycles. The van der Waals surface area contributed by atoms with E-state index in [0.717, 1.165) is 0 Å². The van der Waals surface area contributed by atoms with Crippen LogP contribution in [0.15, 0.2) is 0 Å². The molecule has 31 nitrogen and oxygen atoms in total. The number of carbonyl (C=O) groups excluding carboxylic acids is 12. The number of hydrogen-bond donors (Lipinski definition) is 20. The maximum Gasteiger partial charge on any atom is 0.326 e. The van der Waals surface area contributed by atoms with Crippen molar-refractivity contribution in [1.82, 2.24) is 63.4 Å². The highest BCUT2D eigenvalue weighted by molar-refractivity contribution is 7.80. The number of likely N-dealkylation sites (tertiary alicyclic amines) is 1. The quantitative estimate of drug-likeness (QED) is 0.0200. The number of aliphatic hydroxyl groups excluding tert-OH is 2. The maximum atomic E-state index is 14.1. The van der Waals surface area contributed by atoms with Crippen LogP contribution in [0, 0.1) is 11.8 Å². The first-order chi connectivity index (χ1) is 40.5. The molecule has 0 bridgehead atoms. The number of unbranched alkanes of at least 4 members (excludes halogenated alkanes) is 2. The third-order valence-electron chi connectivity index (χ3n) is 13.8. The molecule has 0 radical (unpaired) electrons. The number of amides is 12. The summed E-state index contributed by atoms with van der Waals surface area (Å²) >= 11 is 12.4. The lowest BCUT2D eigenvalue weighted by Gasteiger charge is -2.29. The first-order valence-corrected chi connectivity index (χ1v) is 30.5. The lowest BCUT2D eigenvalue weighted by Crippen LogP contribution is -2.61. The Hall–Kier alpha value is -6.04. The lowest BCUT2D eigenvalue weighted by atomic mass is 9.99. The minimum absolute atomic E-state index is 0.0279. The van der Waals surface area contributed by atoms with Crippen molar-refractivity contribution in [1.29, 1.82) is 0 Å². The number of aliphatic hydroxyl groups is 2. The largest absolute Gasteiger partial charge is 0.480 e. The number of nitrogens with one attached hydrogen (secondary N) is 11. The zero-order valence-electron chi connectivity index (χ0n) is 49.7. The van der Waals surface area contributed by atoms with Crippen molar-refractivity contribution in [3.05, 3.63) is 0 Å². The summed E-state index contributed by atoms with van der Waals surface area (Å²) in [6.07, 6.45) is -0.120. The lowest BCUT2D eigenvalue weighted by molar-refractivity contribution is -0.142. The molecule has 1 aliphatic heterocycles. The van der Waals surface area contributed by atoms with E-state index in [1.807, 2.05) is 6.92 Å². The van der Waals surface area contributed by atoms with E-state index in [1.165, 1.54) is 18.7 Å². The van der Waals surface area contributed by atoms with Gasteiger partial charge in [0.2, 0.25) is 70.9 Å². The van der Waals surface area contributed by atoms with Crippen LogP contribution < -0.4 is 75.7 Å². The summed E-state index contributed by atoms with van der Waals surface area (Å²) in [4.78, 5) is 172. The van der Waals surface area contributed by atoms with E-state index in [-0.39, 0.29) is 67.9 Å². The van der Waals surface area contributed by atoms with Crippen LogP contribution in [0.4, 0.5) is 0 Å². The molecule has 20 N–H and O–H groups in total. The molecule has 0 aromatic heterocycles. The van der Waals surface area contributed by atoms with Gasteiger partial charge in [-0.25, -0.2) is 4.79 Å². The fourth-order valence-electron chi connectivity index (χ4n) is 8.51. The van der Waals surface area contributed by atoms with Crippen LogP contribution in [-0.4, -0.2) is 226 Å². The van der Waals surface area contributed by atoms with Crippen molar-refractivity contribution in [2.24, 2.45) is 29.0 Å². The fourth-order valence-corrected chi connectivity index (χ4v) is 9.28. The number of hydrogen-bond acceptors (Lipinski definition) is 21. The molecule has 0 spiro atoms. The summed E-state index contributed by atoms with van der Waals surface area (Å²) in [5.74, 6) is -12.6. The van der Waals surface area contributed by atoms with E-state index in [0.29, 0.717) is 45.1 Å². The number of aliphatic carboxylic acids is 1. The smallest absolute Gasteiger partial charge is 0.326 e. The number of carbonyl (C=O) groups is 13. The van der Waals surface area contributed by atoms with Gasteiger partial charge in [0.15, 0.2) is 0 Å². The second kappa shape index (κ2) is 41.2. The molecule has 13 atom stereocenters. The molecule has 0 saturated carbocycles. The number of nitrogens with zero attached hydrogens (tertiary/aromatic N) is 1. The molecule has 34 heteroatoms. The monoisotopic (exact) mass is 1280 g/mol. The highest BCUT2D eigenvalue weighted by Crippen LogP contribution is 2.21. The van der Waals surface area contributed by atoms with Gasteiger partial charge in [0.1, 0.15) is 54.4 Å². The standard InChI is InChI=1S/C52H93N15O16S3/c1-7-27(4)40(55)48(78)58-22-39(72)66-42(29(6)69)50(80)64-33(23-84)43(73)56-20-37(70)59-32(19-26(2)3)51(81)67-18-12-15-36(67)47(77)57-21-38(71)65-41(28(5)68)49(79)60-30(13-8-10-16-53)44(74)62-35(25-86)46(76)63-34(24-85)45(75)61-31(52(82)83)14-9-11-17-54/h26-36,40-42,68-69,84-86H,7-25,53-55H2,1-6H3,(H,56,73)(H,57,77)(H,58,78)(H,59,70)(H,60,79)(H,61,75)(H,62,74)(H,63,76)(H,64,80)(H,65,71)(H,66,72)(H,82,83)/t27-,28+,29+,30-,31-,32-,33-,34-,35-,36-,40-,41-,42-/m0/s1. The molecule has 1 saturated heterocycles. The van der Waals surface area contributed by atoms with Crippen molar-refractivity contribution in [3.8, 4) is 0 Å². The number of nitrogens with two attached hydrogens (primary N) is 3. The molecular formula is C52H93N15O16S3. The van der Waals surface area contributed by atoms with Gasteiger partial charge in [0.05, 0.1) is 37.9 Å².